The van der Waals surface area contributed by atoms with Gasteiger partial charge in [0.1, 0.15) is 17.8 Å². The summed E-state index contributed by atoms with van der Waals surface area (Å²) >= 11 is 0. The van der Waals surface area contributed by atoms with Crippen molar-refractivity contribution in [3.63, 3.8) is 0 Å². The van der Waals surface area contributed by atoms with Gasteiger partial charge in [-0.1, -0.05) is 67.0 Å². The summed E-state index contributed by atoms with van der Waals surface area (Å²) in [6, 6.07) is 4.16. The number of benzene rings is 1. The Labute approximate surface area is 290 Å². The number of hydrogen-bond acceptors (Lipinski definition) is 9. The van der Waals surface area contributed by atoms with Crippen LogP contribution in [0, 0.1) is 23.7 Å². The molecular weight excluding hydrogens is 632 g/mol. The number of nitrogens with one attached hydrogen (secondary N) is 2. The molecule has 0 saturated carbocycles. The maximum Gasteiger partial charge on any atom is 0.329 e. The number of carbonyl (C=O) groups excluding carboxylic acids is 6. The second-order valence-corrected chi connectivity index (χ2v) is 13.8. The summed E-state index contributed by atoms with van der Waals surface area (Å²) in [6.45, 7) is 13.5. The van der Waals surface area contributed by atoms with Crippen LogP contribution in [-0.2, 0) is 44.7 Å². The average molecular weight is 689 g/mol. The van der Waals surface area contributed by atoms with E-state index >= 15 is 0 Å². The molecule has 0 aliphatic carbocycles. The molecule has 13 nitrogen and oxygen atoms in total. The van der Waals surface area contributed by atoms with Gasteiger partial charge < -0.3 is 34.6 Å². The van der Waals surface area contributed by atoms with Crippen LogP contribution in [-0.4, -0.2) is 103 Å². The van der Waals surface area contributed by atoms with Crippen LogP contribution >= 0.6 is 0 Å². The summed E-state index contributed by atoms with van der Waals surface area (Å²) in [5.41, 5.74) is 0.719. The van der Waals surface area contributed by atoms with E-state index in [0.29, 0.717) is 18.6 Å². The molecule has 0 bridgehead atoms. The molecular formula is C36H56N4O9. The fourth-order valence-corrected chi connectivity index (χ4v) is 5.80. The molecule has 1 aliphatic heterocycles. The van der Waals surface area contributed by atoms with E-state index < -0.39 is 96.1 Å². The maximum atomic E-state index is 14.1. The largest absolute Gasteiger partial charge is 0.497 e. The van der Waals surface area contributed by atoms with Crippen LogP contribution in [0.25, 0.3) is 0 Å². The molecule has 1 saturated heterocycles. The first-order valence-electron chi connectivity index (χ1n) is 17.1. The van der Waals surface area contributed by atoms with Crippen molar-refractivity contribution >= 4 is 35.6 Å². The van der Waals surface area contributed by atoms with Crippen molar-refractivity contribution in [3.8, 4) is 5.75 Å². The van der Waals surface area contributed by atoms with Crippen molar-refractivity contribution in [2.45, 2.75) is 105 Å². The third kappa shape index (κ3) is 10.9. The number of ether oxygens (including phenoxy) is 3. The molecule has 1 aromatic carbocycles. The van der Waals surface area contributed by atoms with Crippen molar-refractivity contribution < 1.29 is 43.0 Å². The minimum Gasteiger partial charge on any atom is -0.497 e. The quantitative estimate of drug-likeness (QED) is 0.392. The zero-order valence-corrected chi connectivity index (χ0v) is 30.9. The van der Waals surface area contributed by atoms with Crippen LogP contribution in [0.2, 0.25) is 0 Å². The van der Waals surface area contributed by atoms with Crippen molar-refractivity contribution in [1.82, 2.24) is 20.4 Å². The number of rotatable bonds is 8. The van der Waals surface area contributed by atoms with E-state index in [-0.39, 0.29) is 6.42 Å². The molecule has 0 radical (unpaired) electrons. The Bertz CT molecular complexity index is 1310. The highest BCUT2D eigenvalue weighted by Crippen LogP contribution is 2.23. The minimum absolute atomic E-state index is 0.0855. The molecule has 4 amide bonds. The van der Waals surface area contributed by atoms with Gasteiger partial charge in [0.15, 0.2) is 12.2 Å². The minimum atomic E-state index is -1.30. The lowest BCUT2D eigenvalue weighted by atomic mass is 9.96. The third-order valence-electron chi connectivity index (χ3n) is 8.87. The number of cyclic esters (lactones) is 2. The molecule has 0 spiro atoms. The van der Waals surface area contributed by atoms with E-state index in [9.17, 15) is 28.8 Å². The Morgan fingerprint density at radius 1 is 0.816 bits per heavy atom. The SMILES string of the molecule is CCCC1NC(=O)CNC(=O)[C@@H](Cc2ccc(OC)cc2)N(C)C(=O)[C@H](C(C)C)OC(=O)[C@H](C(C)C)N(C)C(=O)[C@H](C(C)C)OC(=O)C1C. The fourth-order valence-electron chi connectivity index (χ4n) is 5.80. The van der Waals surface area contributed by atoms with Crippen molar-refractivity contribution in [3.05, 3.63) is 29.8 Å². The number of likely N-dealkylation sites (N-methyl/N-ethyl adjacent to an activating group) is 2. The molecule has 1 aliphatic rings. The highest BCUT2D eigenvalue weighted by atomic mass is 16.6. The van der Waals surface area contributed by atoms with Crippen molar-refractivity contribution in [2.24, 2.45) is 23.7 Å². The molecule has 274 valence electrons. The molecule has 2 N–H and O–H groups in total. The average Bonchev–Trinajstić information content (AvgIpc) is 3.05. The van der Waals surface area contributed by atoms with Crippen molar-refractivity contribution in [1.29, 1.82) is 0 Å². The Balaban J connectivity index is 2.64. The molecule has 2 unspecified atom stereocenters. The summed E-state index contributed by atoms with van der Waals surface area (Å²) in [7, 11) is 4.43. The summed E-state index contributed by atoms with van der Waals surface area (Å²) in [4.78, 5) is 84.5. The molecule has 1 aromatic rings. The summed E-state index contributed by atoms with van der Waals surface area (Å²) in [5, 5.41) is 5.48. The van der Waals surface area contributed by atoms with Gasteiger partial charge in [-0.05, 0) is 48.8 Å². The molecule has 2 rings (SSSR count). The molecule has 0 aromatic heterocycles. The number of methoxy groups -OCH3 is 1. The topological polar surface area (TPSA) is 161 Å². The van der Waals surface area contributed by atoms with Crippen molar-refractivity contribution in [2.75, 3.05) is 27.7 Å². The molecule has 49 heavy (non-hydrogen) atoms. The maximum absolute atomic E-state index is 14.1. The first-order chi connectivity index (χ1) is 22.9. The number of amides is 4. The number of carbonyl (C=O) groups is 6. The Morgan fingerprint density at radius 2 is 1.35 bits per heavy atom. The van der Waals surface area contributed by atoms with Gasteiger partial charge in [0, 0.05) is 26.6 Å². The Hall–Kier alpha value is -4.16. The van der Waals surface area contributed by atoms with Gasteiger partial charge in [-0.25, -0.2) is 4.79 Å². The molecule has 6 atom stereocenters. The third-order valence-corrected chi connectivity index (χ3v) is 8.87. The van der Waals surface area contributed by atoms with Crippen LogP contribution in [0.3, 0.4) is 0 Å². The highest BCUT2D eigenvalue weighted by molar-refractivity contribution is 5.94. The predicted octanol–water partition coefficient (Wildman–Crippen LogP) is 2.73. The van der Waals surface area contributed by atoms with E-state index in [1.165, 1.54) is 31.0 Å². The summed E-state index contributed by atoms with van der Waals surface area (Å²) in [5.74, 6) is -5.44. The lowest BCUT2D eigenvalue weighted by molar-refractivity contribution is -0.175. The number of esters is 2. The van der Waals surface area contributed by atoms with Gasteiger partial charge >= 0.3 is 11.9 Å². The van der Waals surface area contributed by atoms with Gasteiger partial charge in [0.2, 0.25) is 11.8 Å². The standard InChI is InChI=1S/C36H56N4O9/c1-12-13-26-23(8)35(45)48-31(22(6)7)34(44)40(10)29(20(2)3)36(46)49-30(21(4)5)33(43)39(9)27(32(42)37-19-28(41)38-26)18-24-14-16-25(47-11)17-15-24/h14-17,20-23,26-27,29-31H,12-13,18-19H2,1-11H3,(H,37,42)(H,38,41)/t23?,26?,27-,29+,30+,31+/m1/s1. The predicted molar refractivity (Wildman–Crippen MR) is 183 cm³/mol. The Kier molecular flexibility index (Phi) is 15.5. The molecule has 1 heterocycles. The van der Waals surface area contributed by atoms with E-state index in [2.05, 4.69) is 10.6 Å². The normalized spacial score (nSPS) is 25.8. The second kappa shape index (κ2) is 18.6. The van der Waals surface area contributed by atoms with Crippen LogP contribution in [0.5, 0.6) is 5.75 Å². The number of nitrogens with zero attached hydrogens (tertiary/aromatic N) is 2. The fraction of sp³-hybridized carbons (Fsp3) is 0.667. The van der Waals surface area contributed by atoms with E-state index in [4.69, 9.17) is 14.2 Å². The molecule has 1 fully saturated rings. The van der Waals surface area contributed by atoms with Gasteiger partial charge in [-0.3, -0.25) is 24.0 Å². The van der Waals surface area contributed by atoms with E-state index in [1.807, 2.05) is 6.92 Å². The van der Waals surface area contributed by atoms with Gasteiger partial charge in [-0.2, -0.15) is 0 Å². The monoisotopic (exact) mass is 688 g/mol. The van der Waals surface area contributed by atoms with Crippen LogP contribution < -0.4 is 15.4 Å². The highest BCUT2D eigenvalue weighted by Gasteiger charge is 2.42. The first kappa shape index (κ1) is 41.0. The zero-order chi connectivity index (χ0) is 37.2. The smallest absolute Gasteiger partial charge is 0.329 e. The van der Waals surface area contributed by atoms with E-state index in [0.717, 1.165) is 5.56 Å². The Morgan fingerprint density at radius 3 is 1.84 bits per heavy atom. The van der Waals surface area contributed by atoms with Crippen LogP contribution in [0.15, 0.2) is 24.3 Å². The lowest BCUT2D eigenvalue weighted by Crippen LogP contribution is -2.56. The first-order valence-corrected chi connectivity index (χ1v) is 17.1. The summed E-state index contributed by atoms with van der Waals surface area (Å²) in [6.07, 6.45) is -1.36. The van der Waals surface area contributed by atoms with Gasteiger partial charge in [-0.15, -0.1) is 0 Å². The van der Waals surface area contributed by atoms with Crippen LogP contribution in [0.4, 0.5) is 0 Å². The molecule has 13 heteroatoms. The second-order valence-electron chi connectivity index (χ2n) is 13.8. The lowest BCUT2D eigenvalue weighted by Gasteiger charge is -2.36. The van der Waals surface area contributed by atoms with Gasteiger partial charge in [0.05, 0.1) is 19.6 Å². The van der Waals surface area contributed by atoms with E-state index in [1.54, 1.807) is 72.7 Å². The number of hydrogen-bond donors (Lipinski definition) is 2. The van der Waals surface area contributed by atoms with Crippen LogP contribution in [0.1, 0.15) is 73.8 Å². The van der Waals surface area contributed by atoms with Gasteiger partial charge in [0.25, 0.3) is 11.8 Å². The summed E-state index contributed by atoms with van der Waals surface area (Å²) < 4.78 is 16.9. The zero-order valence-electron chi connectivity index (χ0n) is 30.9.